The van der Waals surface area contributed by atoms with Gasteiger partial charge in [0.15, 0.2) is 6.10 Å². The molecule has 0 spiro atoms. The fourth-order valence-electron chi connectivity index (χ4n) is 3.62. The fourth-order valence-corrected chi connectivity index (χ4v) is 4.29. The summed E-state index contributed by atoms with van der Waals surface area (Å²) in [5, 5.41) is 2.38. The average Bonchev–Trinajstić information content (AvgIpc) is 3.18. The number of halogens is 3. The van der Waals surface area contributed by atoms with E-state index in [1.807, 2.05) is 42.6 Å². The lowest BCUT2D eigenvalue weighted by Crippen LogP contribution is -2.16. The fraction of sp³-hybridized carbons (Fsp3) is 0.0800. The van der Waals surface area contributed by atoms with Crippen LogP contribution in [0.2, 0.25) is 10.0 Å². The first-order chi connectivity index (χ1) is 15.0. The molecule has 5 rings (SSSR count). The SMILES string of the molecule is CC(On1ccc2ncc(-c3ccc4ccc#cc4c3)cc21)c1c(Cl)ccc(F)c1Cl. The highest BCUT2D eigenvalue weighted by Gasteiger charge is 2.20. The van der Waals surface area contributed by atoms with E-state index >= 15 is 0 Å². The Morgan fingerprint density at radius 1 is 1.06 bits per heavy atom. The van der Waals surface area contributed by atoms with Crippen molar-refractivity contribution >= 4 is 45.0 Å². The molecule has 0 aliphatic rings. The van der Waals surface area contributed by atoms with Gasteiger partial charge in [-0.15, -0.1) is 0 Å². The molecule has 152 valence electrons. The molecule has 0 aliphatic carbocycles. The van der Waals surface area contributed by atoms with Crippen LogP contribution in [0.3, 0.4) is 0 Å². The Morgan fingerprint density at radius 2 is 1.94 bits per heavy atom. The molecule has 31 heavy (non-hydrogen) atoms. The molecule has 1 unspecified atom stereocenters. The van der Waals surface area contributed by atoms with Gasteiger partial charge in [-0.05, 0) is 60.3 Å². The molecule has 0 amide bonds. The normalized spacial score (nSPS) is 12.1. The minimum absolute atomic E-state index is 0.0421. The number of aromatic nitrogens is 2. The molecule has 3 nitrogen and oxygen atoms in total. The maximum Gasteiger partial charge on any atom is 0.150 e. The van der Waals surface area contributed by atoms with Gasteiger partial charge >= 0.3 is 0 Å². The second-order valence-corrected chi connectivity index (χ2v) is 7.96. The molecule has 0 bridgehead atoms. The van der Waals surface area contributed by atoms with Crippen molar-refractivity contribution in [3.8, 4) is 11.1 Å². The highest BCUT2D eigenvalue weighted by Crippen LogP contribution is 2.33. The van der Waals surface area contributed by atoms with E-state index in [-0.39, 0.29) is 5.02 Å². The first-order valence-electron chi connectivity index (χ1n) is 9.61. The lowest BCUT2D eigenvalue weighted by molar-refractivity contribution is 0.0562. The summed E-state index contributed by atoms with van der Waals surface area (Å²) in [4.78, 5) is 10.6. The van der Waals surface area contributed by atoms with E-state index in [4.69, 9.17) is 28.0 Å². The number of hydrogen-bond acceptors (Lipinski definition) is 2. The van der Waals surface area contributed by atoms with E-state index in [0.29, 0.717) is 10.6 Å². The molecule has 0 N–H and O–H groups in total. The second kappa shape index (κ2) is 7.77. The maximum atomic E-state index is 13.9. The third kappa shape index (κ3) is 3.57. The number of fused-ring (bicyclic) bond motifs is 2. The Kier molecular flexibility index (Phi) is 4.94. The molecule has 0 fully saturated rings. The summed E-state index contributed by atoms with van der Waals surface area (Å²) in [7, 11) is 0. The molecule has 3 aromatic carbocycles. The summed E-state index contributed by atoms with van der Waals surface area (Å²) in [6, 6.07) is 22.7. The smallest absolute Gasteiger partial charge is 0.150 e. The van der Waals surface area contributed by atoms with Gasteiger partial charge in [0.05, 0.1) is 10.5 Å². The first kappa shape index (κ1) is 19.7. The van der Waals surface area contributed by atoms with Crippen LogP contribution in [-0.2, 0) is 0 Å². The quantitative estimate of drug-likeness (QED) is 0.274. The molecule has 0 radical (unpaired) electrons. The minimum atomic E-state index is -0.583. The highest BCUT2D eigenvalue weighted by atomic mass is 35.5. The predicted octanol–water partition coefficient (Wildman–Crippen LogP) is 7.09. The van der Waals surface area contributed by atoms with Crippen molar-refractivity contribution in [2.45, 2.75) is 13.0 Å². The van der Waals surface area contributed by atoms with Crippen LogP contribution < -0.4 is 4.84 Å². The lowest BCUT2D eigenvalue weighted by Gasteiger charge is -2.19. The van der Waals surface area contributed by atoms with Crippen LogP contribution in [0.1, 0.15) is 18.6 Å². The highest BCUT2D eigenvalue weighted by molar-refractivity contribution is 6.36. The molecule has 1 atom stereocenters. The lowest BCUT2D eigenvalue weighted by atomic mass is 10.0. The Labute approximate surface area is 188 Å². The van der Waals surface area contributed by atoms with Gasteiger partial charge in [0.25, 0.3) is 0 Å². The van der Waals surface area contributed by atoms with Gasteiger partial charge in [-0.3, -0.25) is 4.98 Å². The average molecular weight is 449 g/mol. The van der Waals surface area contributed by atoms with Crippen LogP contribution in [0.4, 0.5) is 4.39 Å². The van der Waals surface area contributed by atoms with E-state index in [1.54, 1.807) is 17.9 Å². The van der Waals surface area contributed by atoms with Crippen molar-refractivity contribution in [2.24, 2.45) is 0 Å². The number of pyridine rings is 1. The molecule has 0 saturated heterocycles. The Hall–Kier alpha value is -3.26. The predicted molar refractivity (Wildman–Crippen MR) is 122 cm³/mol. The summed E-state index contributed by atoms with van der Waals surface area (Å²) < 4.78 is 15.5. The monoisotopic (exact) mass is 448 g/mol. The Bertz CT molecular complexity index is 1430. The van der Waals surface area contributed by atoms with Crippen LogP contribution in [0, 0.1) is 17.9 Å². The van der Waals surface area contributed by atoms with Crippen molar-refractivity contribution < 1.29 is 9.23 Å². The van der Waals surface area contributed by atoms with Crippen LogP contribution in [0.15, 0.2) is 67.0 Å². The topological polar surface area (TPSA) is 27.1 Å². The van der Waals surface area contributed by atoms with E-state index in [9.17, 15) is 4.39 Å². The van der Waals surface area contributed by atoms with Crippen molar-refractivity contribution in [3.05, 3.63) is 101 Å². The van der Waals surface area contributed by atoms with Crippen LogP contribution in [0.5, 0.6) is 0 Å². The molecular weight excluding hydrogens is 434 g/mol. The van der Waals surface area contributed by atoms with Gasteiger partial charge in [-0.2, -0.15) is 4.73 Å². The number of nitrogens with zero attached hydrogens (tertiary/aromatic N) is 2. The van der Waals surface area contributed by atoms with Crippen molar-refractivity contribution in [1.29, 1.82) is 0 Å². The van der Waals surface area contributed by atoms with Gasteiger partial charge in [0, 0.05) is 33.9 Å². The van der Waals surface area contributed by atoms with Crippen LogP contribution in [0.25, 0.3) is 32.9 Å². The van der Waals surface area contributed by atoms with Crippen molar-refractivity contribution in [1.82, 2.24) is 9.71 Å². The zero-order chi connectivity index (χ0) is 21.5. The van der Waals surface area contributed by atoms with Crippen molar-refractivity contribution in [2.75, 3.05) is 0 Å². The van der Waals surface area contributed by atoms with Gasteiger partial charge in [-0.1, -0.05) is 47.5 Å². The molecule has 0 aliphatic heterocycles. The van der Waals surface area contributed by atoms with Gasteiger partial charge < -0.3 is 4.84 Å². The van der Waals surface area contributed by atoms with Gasteiger partial charge in [0.1, 0.15) is 11.3 Å². The third-order valence-electron chi connectivity index (χ3n) is 5.20. The zero-order valence-corrected chi connectivity index (χ0v) is 17.9. The van der Waals surface area contributed by atoms with E-state index < -0.39 is 11.9 Å². The molecule has 2 aromatic heterocycles. The number of benzene rings is 2. The zero-order valence-electron chi connectivity index (χ0n) is 16.4. The number of hydrogen-bond donors (Lipinski definition) is 0. The molecule has 6 heteroatoms. The number of rotatable bonds is 4. The molecule has 0 saturated carbocycles. The first-order valence-corrected chi connectivity index (χ1v) is 10.4. The van der Waals surface area contributed by atoms with E-state index in [0.717, 1.165) is 32.9 Å². The Morgan fingerprint density at radius 3 is 2.81 bits per heavy atom. The molecule has 2 heterocycles. The van der Waals surface area contributed by atoms with Gasteiger partial charge in [-0.25, -0.2) is 4.39 Å². The Balaban J connectivity index is 1.53. The standard InChI is InChI=1S/C25H15Cl2FN2O/c1-15(24-20(26)8-9-21(28)25(24)27)31-30-11-10-22-23(30)13-19(14-29-22)18-7-6-16-4-2-3-5-17(16)12-18/h2,4,6-15H,1H3. The van der Waals surface area contributed by atoms with E-state index in [1.165, 1.54) is 12.1 Å². The van der Waals surface area contributed by atoms with Crippen LogP contribution >= 0.6 is 23.2 Å². The van der Waals surface area contributed by atoms with E-state index in [2.05, 4.69) is 23.2 Å². The maximum absolute atomic E-state index is 13.9. The van der Waals surface area contributed by atoms with Crippen molar-refractivity contribution in [3.63, 3.8) is 0 Å². The minimum Gasteiger partial charge on any atom is -0.406 e. The molecule has 5 aromatic rings. The van der Waals surface area contributed by atoms with Crippen LogP contribution in [-0.4, -0.2) is 9.71 Å². The molecular formula is C25H15Cl2FN2O. The summed E-state index contributed by atoms with van der Waals surface area (Å²) in [5.74, 6) is -0.539. The second-order valence-electron chi connectivity index (χ2n) is 7.18. The summed E-state index contributed by atoms with van der Waals surface area (Å²) in [5.41, 5.74) is 3.89. The third-order valence-corrected chi connectivity index (χ3v) is 5.91. The summed E-state index contributed by atoms with van der Waals surface area (Å²) in [6.45, 7) is 1.77. The largest absolute Gasteiger partial charge is 0.406 e. The summed E-state index contributed by atoms with van der Waals surface area (Å²) in [6.07, 6.45) is 3.01. The van der Waals surface area contributed by atoms with Gasteiger partial charge in [0.2, 0.25) is 0 Å². The summed E-state index contributed by atoms with van der Waals surface area (Å²) >= 11 is 12.4.